The Morgan fingerprint density at radius 2 is 1.58 bits per heavy atom. The second kappa shape index (κ2) is 9.21. The first-order valence-corrected chi connectivity index (χ1v) is 12.7. The maximum atomic E-state index is 9.95. The van der Waals surface area contributed by atoms with Gasteiger partial charge in [0, 0.05) is 24.4 Å². The third-order valence-corrected chi connectivity index (χ3v) is 7.35. The van der Waals surface area contributed by atoms with E-state index in [1.54, 1.807) is 10.7 Å². The lowest BCUT2D eigenvalue weighted by Crippen LogP contribution is -2.34. The summed E-state index contributed by atoms with van der Waals surface area (Å²) in [5.74, 6) is 0. The molecule has 38 heavy (non-hydrogen) atoms. The molecule has 0 spiro atoms. The van der Waals surface area contributed by atoms with E-state index in [0.29, 0.717) is 34.5 Å². The van der Waals surface area contributed by atoms with Gasteiger partial charge in [0.05, 0.1) is 35.6 Å². The predicted molar refractivity (Wildman–Crippen MR) is 142 cm³/mol. The predicted octanol–water partition coefficient (Wildman–Crippen LogP) is 4.25. The lowest BCUT2D eigenvalue weighted by atomic mass is 10.00. The number of imidazole rings is 1. The number of aliphatic hydroxyl groups excluding tert-OH is 1. The molecular weight excluding hydrogens is 506 g/mol. The van der Waals surface area contributed by atoms with E-state index in [4.69, 9.17) is 30.8 Å². The van der Waals surface area contributed by atoms with E-state index >= 15 is 0 Å². The normalized spacial score (nSPS) is 22.7. The molecule has 0 amide bonds. The van der Waals surface area contributed by atoms with Crippen molar-refractivity contribution < 1.29 is 19.3 Å². The van der Waals surface area contributed by atoms with Crippen LogP contribution in [0.3, 0.4) is 0 Å². The summed E-state index contributed by atoms with van der Waals surface area (Å²) in [5, 5.41) is 14.7. The number of pyridine rings is 1. The molecule has 2 aliphatic heterocycles. The van der Waals surface area contributed by atoms with Gasteiger partial charge in [0.1, 0.15) is 18.3 Å². The zero-order valence-electron chi connectivity index (χ0n) is 20.4. The molecule has 0 bridgehead atoms. The van der Waals surface area contributed by atoms with E-state index < -0.39 is 6.10 Å². The standard InChI is InChI=1S/C28H24ClN5O4/c1-34-12-19(11-30-34)17-4-2-15(3-5-17)16-6-8-18(9-7-16)24-20(29)10-21-27(32-24)33-28(31-21)38-23-14-37-25-22(35)13-36-26(23)25/h2-12,22-23,25-26,35H,13-14H2,1H3,(H,31,32,33)/t22-,23-,25?,26?/m1/s1. The van der Waals surface area contributed by atoms with Crippen LogP contribution in [0.5, 0.6) is 6.01 Å². The van der Waals surface area contributed by atoms with E-state index in [2.05, 4.69) is 51.5 Å². The minimum atomic E-state index is -0.634. The Morgan fingerprint density at radius 3 is 2.26 bits per heavy atom. The quantitative estimate of drug-likeness (QED) is 0.350. The lowest BCUT2D eigenvalue weighted by Gasteiger charge is -2.15. The molecule has 5 aromatic rings. The Hall–Kier alpha value is -3.76. The number of aryl methyl sites for hydroxylation is 1. The second-order valence-corrected chi connectivity index (χ2v) is 10.0. The molecule has 0 radical (unpaired) electrons. The third kappa shape index (κ3) is 4.13. The van der Waals surface area contributed by atoms with Gasteiger partial charge in [0.25, 0.3) is 6.01 Å². The highest BCUT2D eigenvalue weighted by Gasteiger charge is 2.48. The summed E-state index contributed by atoms with van der Waals surface area (Å²) in [5.41, 5.74) is 7.11. The minimum absolute atomic E-state index is 0.241. The van der Waals surface area contributed by atoms with Gasteiger partial charge in [-0.05, 0) is 22.8 Å². The second-order valence-electron chi connectivity index (χ2n) is 9.61. The van der Waals surface area contributed by atoms with Crippen LogP contribution in [0.15, 0.2) is 67.0 Å². The Balaban J connectivity index is 1.11. The van der Waals surface area contributed by atoms with Crippen LogP contribution in [-0.4, -0.2) is 67.5 Å². The van der Waals surface area contributed by atoms with E-state index in [1.807, 2.05) is 31.6 Å². The van der Waals surface area contributed by atoms with Crippen molar-refractivity contribution in [3.63, 3.8) is 0 Å². The number of H-pyrrole nitrogens is 1. The van der Waals surface area contributed by atoms with Gasteiger partial charge in [-0.2, -0.15) is 10.1 Å². The van der Waals surface area contributed by atoms with Gasteiger partial charge in [-0.15, -0.1) is 0 Å². The van der Waals surface area contributed by atoms with Crippen molar-refractivity contribution in [2.24, 2.45) is 7.05 Å². The number of nitrogens with zero attached hydrogens (tertiary/aromatic N) is 4. The van der Waals surface area contributed by atoms with Gasteiger partial charge < -0.3 is 24.3 Å². The first-order chi connectivity index (χ1) is 18.5. The van der Waals surface area contributed by atoms with Gasteiger partial charge in [-0.1, -0.05) is 60.1 Å². The number of hydrogen-bond donors (Lipinski definition) is 2. The highest BCUT2D eigenvalue weighted by atomic mass is 35.5. The first kappa shape index (κ1) is 23.4. The number of fused-ring (bicyclic) bond motifs is 2. The third-order valence-electron chi connectivity index (χ3n) is 7.06. The number of aromatic nitrogens is 5. The van der Waals surface area contributed by atoms with E-state index in [-0.39, 0.29) is 24.9 Å². The number of aliphatic hydroxyl groups is 1. The van der Waals surface area contributed by atoms with Gasteiger partial charge >= 0.3 is 0 Å². The van der Waals surface area contributed by atoms with Crippen molar-refractivity contribution in [1.29, 1.82) is 0 Å². The molecular formula is C28H24ClN5O4. The lowest BCUT2D eigenvalue weighted by molar-refractivity contribution is 0.00706. The van der Waals surface area contributed by atoms with Gasteiger partial charge in [-0.25, -0.2) is 4.98 Å². The molecule has 4 atom stereocenters. The van der Waals surface area contributed by atoms with Crippen LogP contribution in [0.2, 0.25) is 5.02 Å². The average Bonchev–Trinajstić information content (AvgIpc) is 3.71. The van der Waals surface area contributed by atoms with Crippen LogP contribution in [0, 0.1) is 0 Å². The molecule has 2 unspecified atom stereocenters. The zero-order valence-corrected chi connectivity index (χ0v) is 21.2. The molecule has 2 saturated heterocycles. The maximum Gasteiger partial charge on any atom is 0.296 e. The zero-order chi connectivity index (χ0) is 25.8. The minimum Gasteiger partial charge on any atom is -0.456 e. The van der Waals surface area contributed by atoms with Crippen LogP contribution >= 0.6 is 11.6 Å². The molecule has 2 aromatic carbocycles. The molecule has 9 nitrogen and oxygen atoms in total. The van der Waals surface area contributed by atoms with Crippen molar-refractivity contribution in [3.05, 3.63) is 72.0 Å². The molecule has 10 heteroatoms. The van der Waals surface area contributed by atoms with E-state index in [0.717, 1.165) is 27.8 Å². The van der Waals surface area contributed by atoms with Crippen molar-refractivity contribution in [2.45, 2.75) is 24.4 Å². The fraction of sp³-hybridized carbons (Fsp3) is 0.250. The van der Waals surface area contributed by atoms with Crippen molar-refractivity contribution in [1.82, 2.24) is 24.7 Å². The number of halogens is 1. The monoisotopic (exact) mass is 529 g/mol. The molecule has 0 aliphatic carbocycles. The largest absolute Gasteiger partial charge is 0.456 e. The van der Waals surface area contributed by atoms with Crippen LogP contribution < -0.4 is 4.74 Å². The van der Waals surface area contributed by atoms with Crippen LogP contribution in [0.1, 0.15) is 0 Å². The first-order valence-electron chi connectivity index (χ1n) is 12.4. The molecule has 2 N–H and O–H groups in total. The fourth-order valence-corrected chi connectivity index (χ4v) is 5.35. The molecule has 5 heterocycles. The summed E-state index contributed by atoms with van der Waals surface area (Å²) in [6.07, 6.45) is 2.17. The summed E-state index contributed by atoms with van der Waals surface area (Å²) in [7, 11) is 1.91. The van der Waals surface area contributed by atoms with Gasteiger partial charge in [0.2, 0.25) is 0 Å². The molecule has 0 saturated carbocycles. The van der Waals surface area contributed by atoms with Crippen molar-refractivity contribution in [3.8, 4) is 39.5 Å². The number of ether oxygens (including phenoxy) is 3. The van der Waals surface area contributed by atoms with Crippen LogP contribution in [0.4, 0.5) is 0 Å². The number of hydrogen-bond acceptors (Lipinski definition) is 7. The Kier molecular flexibility index (Phi) is 5.66. The molecule has 3 aromatic heterocycles. The van der Waals surface area contributed by atoms with Crippen molar-refractivity contribution in [2.75, 3.05) is 13.2 Å². The molecule has 7 rings (SSSR count). The van der Waals surface area contributed by atoms with Gasteiger partial charge in [0.15, 0.2) is 11.8 Å². The Bertz CT molecular complexity index is 1620. The summed E-state index contributed by atoms with van der Waals surface area (Å²) >= 11 is 6.61. The highest BCUT2D eigenvalue weighted by molar-refractivity contribution is 6.33. The SMILES string of the molecule is Cn1cc(-c2ccc(-c3ccc(-c4nc5nc(O[C@@H]6COC7C6OC[C@H]7O)[nH]c5cc4Cl)cc3)cc2)cn1. The topological polar surface area (TPSA) is 107 Å². The Morgan fingerprint density at radius 1 is 0.921 bits per heavy atom. The summed E-state index contributed by atoms with van der Waals surface area (Å²) in [6, 6.07) is 18.7. The smallest absolute Gasteiger partial charge is 0.296 e. The number of nitrogens with one attached hydrogen (secondary N) is 1. The Labute approximate surface area is 223 Å². The van der Waals surface area contributed by atoms with Crippen LogP contribution in [0.25, 0.3) is 44.7 Å². The molecule has 2 fully saturated rings. The number of benzene rings is 2. The summed E-state index contributed by atoms with van der Waals surface area (Å²) in [6.45, 7) is 0.562. The average molecular weight is 530 g/mol. The highest BCUT2D eigenvalue weighted by Crippen LogP contribution is 2.33. The summed E-state index contributed by atoms with van der Waals surface area (Å²) in [4.78, 5) is 12.3. The fourth-order valence-electron chi connectivity index (χ4n) is 5.09. The van der Waals surface area contributed by atoms with Gasteiger partial charge in [-0.3, -0.25) is 4.68 Å². The van der Waals surface area contributed by atoms with E-state index in [9.17, 15) is 5.11 Å². The number of rotatable bonds is 5. The maximum absolute atomic E-state index is 9.95. The van der Waals surface area contributed by atoms with Crippen LogP contribution in [-0.2, 0) is 16.5 Å². The summed E-state index contributed by atoms with van der Waals surface area (Å²) < 4.78 is 19.1. The molecule has 2 aliphatic rings. The van der Waals surface area contributed by atoms with E-state index in [1.165, 1.54) is 0 Å². The molecule has 192 valence electrons. The van der Waals surface area contributed by atoms with Crippen molar-refractivity contribution >= 4 is 22.8 Å². The number of aromatic amines is 1.